The summed E-state index contributed by atoms with van der Waals surface area (Å²) >= 11 is 3.75. The zero-order chi connectivity index (χ0) is 17.1. The van der Waals surface area contributed by atoms with Crippen molar-refractivity contribution >= 4 is 46.2 Å². The van der Waals surface area contributed by atoms with E-state index in [-0.39, 0.29) is 5.78 Å². The number of hydrogen-bond donors (Lipinski definition) is 0. The number of ether oxygens (including phenoxy) is 2. The average Bonchev–Trinajstić information content (AvgIpc) is 2.90. The van der Waals surface area contributed by atoms with E-state index in [9.17, 15) is 4.79 Å². The molecule has 24 heavy (non-hydrogen) atoms. The predicted molar refractivity (Wildman–Crippen MR) is 106 cm³/mol. The van der Waals surface area contributed by atoms with Gasteiger partial charge in [0.05, 0.1) is 22.2 Å². The second-order valence-corrected chi connectivity index (χ2v) is 7.56. The minimum absolute atomic E-state index is 0.0795. The highest BCUT2D eigenvalue weighted by Gasteiger charge is 2.25. The van der Waals surface area contributed by atoms with Crippen LogP contribution in [0, 0.1) is 3.57 Å². The van der Waals surface area contributed by atoms with Gasteiger partial charge in [-0.2, -0.15) is 0 Å². The van der Waals surface area contributed by atoms with Gasteiger partial charge in [0, 0.05) is 10.5 Å². The van der Waals surface area contributed by atoms with Crippen LogP contribution in [0.15, 0.2) is 46.2 Å². The van der Waals surface area contributed by atoms with Gasteiger partial charge in [-0.1, -0.05) is 30.8 Å². The number of rotatable bonds is 5. The molecule has 1 aliphatic rings. The smallest absolute Gasteiger partial charge is 0.200 e. The van der Waals surface area contributed by atoms with Gasteiger partial charge in [-0.15, -0.1) is 0 Å². The Bertz CT molecular complexity index is 814. The van der Waals surface area contributed by atoms with Crippen LogP contribution in [-0.4, -0.2) is 19.5 Å². The van der Waals surface area contributed by atoms with Crippen molar-refractivity contribution in [2.24, 2.45) is 0 Å². The topological polar surface area (TPSA) is 35.5 Å². The number of carbonyl (C=O) groups excluding carboxylic acids is 1. The summed E-state index contributed by atoms with van der Waals surface area (Å²) in [6, 6.07) is 11.6. The molecular weight excluding hydrogens is 435 g/mol. The molecule has 3 nitrogen and oxygen atoms in total. The summed E-state index contributed by atoms with van der Waals surface area (Å²) < 4.78 is 12.2. The van der Waals surface area contributed by atoms with Crippen LogP contribution in [0.1, 0.15) is 29.3 Å². The quantitative estimate of drug-likeness (QED) is 0.449. The number of carbonyl (C=O) groups is 1. The Morgan fingerprint density at radius 3 is 2.75 bits per heavy atom. The maximum Gasteiger partial charge on any atom is 0.200 e. The summed E-state index contributed by atoms with van der Waals surface area (Å²) in [5.74, 6) is 1.53. The van der Waals surface area contributed by atoms with Crippen LogP contribution < -0.4 is 9.47 Å². The third-order valence-electron chi connectivity index (χ3n) is 3.58. The van der Waals surface area contributed by atoms with E-state index in [1.54, 1.807) is 7.11 Å². The van der Waals surface area contributed by atoms with Crippen molar-refractivity contribution in [2.75, 3.05) is 13.7 Å². The third kappa shape index (κ3) is 3.47. The van der Waals surface area contributed by atoms with Gasteiger partial charge in [-0.3, -0.25) is 4.79 Å². The molecule has 2 aromatic carbocycles. The number of benzene rings is 2. The molecule has 124 valence electrons. The molecule has 0 atom stereocenters. The summed E-state index contributed by atoms with van der Waals surface area (Å²) in [5, 5.41) is 0. The Kier molecular flexibility index (Phi) is 5.50. The molecule has 0 saturated carbocycles. The van der Waals surface area contributed by atoms with Gasteiger partial charge in [-0.05, 0) is 64.9 Å². The van der Waals surface area contributed by atoms with Crippen molar-refractivity contribution in [1.82, 2.24) is 0 Å². The van der Waals surface area contributed by atoms with Gasteiger partial charge in [-0.25, -0.2) is 0 Å². The van der Waals surface area contributed by atoms with Crippen molar-refractivity contribution in [2.45, 2.75) is 18.2 Å². The molecule has 0 unspecified atom stereocenters. The summed E-state index contributed by atoms with van der Waals surface area (Å²) in [6.07, 6.45) is 2.86. The molecule has 0 aromatic heterocycles. The van der Waals surface area contributed by atoms with E-state index in [1.165, 1.54) is 11.8 Å². The van der Waals surface area contributed by atoms with E-state index < -0.39 is 0 Å². The summed E-state index contributed by atoms with van der Waals surface area (Å²) in [6.45, 7) is 2.72. The first-order chi connectivity index (χ1) is 11.6. The monoisotopic (exact) mass is 452 g/mol. The van der Waals surface area contributed by atoms with Gasteiger partial charge >= 0.3 is 0 Å². The maximum atomic E-state index is 12.5. The van der Waals surface area contributed by atoms with E-state index in [0.717, 1.165) is 36.7 Å². The molecule has 2 aromatic rings. The zero-order valence-electron chi connectivity index (χ0n) is 13.5. The fourth-order valence-electron chi connectivity index (χ4n) is 2.45. The van der Waals surface area contributed by atoms with Crippen LogP contribution in [0.3, 0.4) is 0 Å². The lowest BCUT2D eigenvalue weighted by molar-refractivity contribution is 0.104. The van der Waals surface area contributed by atoms with Crippen molar-refractivity contribution < 1.29 is 14.3 Å². The van der Waals surface area contributed by atoms with Crippen LogP contribution in [0.5, 0.6) is 11.5 Å². The average molecular weight is 452 g/mol. The number of ketones is 1. The Balaban J connectivity index is 1.94. The van der Waals surface area contributed by atoms with Crippen LogP contribution in [0.4, 0.5) is 0 Å². The largest absolute Gasteiger partial charge is 0.493 e. The lowest BCUT2D eigenvalue weighted by Gasteiger charge is -2.13. The highest BCUT2D eigenvalue weighted by molar-refractivity contribution is 14.1. The first-order valence-corrected chi connectivity index (χ1v) is 9.57. The van der Waals surface area contributed by atoms with Crippen molar-refractivity contribution in [3.63, 3.8) is 0 Å². The molecule has 0 amide bonds. The molecular formula is C19H17IO3S. The minimum Gasteiger partial charge on any atom is -0.493 e. The van der Waals surface area contributed by atoms with E-state index >= 15 is 0 Å². The van der Waals surface area contributed by atoms with Crippen molar-refractivity contribution in [3.05, 3.63) is 56.0 Å². The molecule has 0 radical (unpaired) electrons. The number of Topliss-reactive ketones (excluding diaryl/α,β-unsaturated/α-hetero) is 1. The van der Waals surface area contributed by atoms with E-state index in [4.69, 9.17) is 9.47 Å². The summed E-state index contributed by atoms with van der Waals surface area (Å²) in [5.41, 5.74) is 1.71. The van der Waals surface area contributed by atoms with Gasteiger partial charge < -0.3 is 9.47 Å². The fourth-order valence-corrected chi connectivity index (χ4v) is 4.29. The minimum atomic E-state index is 0.0795. The third-order valence-corrected chi connectivity index (χ3v) is 5.48. The Labute approximate surface area is 159 Å². The molecule has 0 bridgehead atoms. The van der Waals surface area contributed by atoms with Crippen LogP contribution in [0.2, 0.25) is 0 Å². The second kappa shape index (κ2) is 7.61. The Hall–Kier alpha value is -1.47. The number of fused-ring (bicyclic) bond motifs is 1. The van der Waals surface area contributed by atoms with Gasteiger partial charge in [0.1, 0.15) is 0 Å². The van der Waals surface area contributed by atoms with Gasteiger partial charge in [0.25, 0.3) is 0 Å². The normalized spacial score (nSPS) is 14.8. The highest BCUT2D eigenvalue weighted by atomic mass is 127. The van der Waals surface area contributed by atoms with Gasteiger partial charge in [0.15, 0.2) is 11.5 Å². The predicted octanol–water partition coefficient (Wildman–Crippen LogP) is 5.42. The second-order valence-electron chi connectivity index (χ2n) is 5.32. The standard InChI is InChI=1S/C19H17IO3S/c1-3-8-23-19-14(20)9-12(10-15(19)22-2)11-17-18(21)13-6-4-5-7-16(13)24-17/h4-7,9-11H,3,8H2,1-2H3/b17-11+. The summed E-state index contributed by atoms with van der Waals surface area (Å²) in [4.78, 5) is 14.2. The summed E-state index contributed by atoms with van der Waals surface area (Å²) in [7, 11) is 1.63. The molecule has 3 rings (SSSR count). The molecule has 1 heterocycles. The Morgan fingerprint density at radius 1 is 1.25 bits per heavy atom. The van der Waals surface area contributed by atoms with Crippen molar-refractivity contribution in [3.8, 4) is 11.5 Å². The number of halogens is 1. The van der Waals surface area contributed by atoms with Crippen LogP contribution >= 0.6 is 34.4 Å². The molecule has 0 spiro atoms. The van der Waals surface area contributed by atoms with Crippen molar-refractivity contribution in [1.29, 1.82) is 0 Å². The van der Waals surface area contributed by atoms with Gasteiger partial charge in [0.2, 0.25) is 5.78 Å². The fraction of sp³-hybridized carbons (Fsp3) is 0.211. The van der Waals surface area contributed by atoms with Crippen LogP contribution in [-0.2, 0) is 0 Å². The number of methoxy groups -OCH3 is 1. The molecule has 5 heteroatoms. The first kappa shape index (κ1) is 17.4. The molecule has 0 aliphatic carbocycles. The highest BCUT2D eigenvalue weighted by Crippen LogP contribution is 2.41. The molecule has 1 aliphatic heterocycles. The zero-order valence-corrected chi connectivity index (χ0v) is 16.4. The first-order valence-electron chi connectivity index (χ1n) is 7.67. The number of hydrogen-bond acceptors (Lipinski definition) is 4. The van der Waals surface area contributed by atoms with Crippen LogP contribution in [0.25, 0.3) is 6.08 Å². The maximum absolute atomic E-state index is 12.5. The molecule has 0 saturated heterocycles. The lowest BCUT2D eigenvalue weighted by atomic mass is 10.1. The Morgan fingerprint density at radius 2 is 2.04 bits per heavy atom. The number of allylic oxidation sites excluding steroid dienone is 1. The van der Waals surface area contributed by atoms with E-state index in [1.807, 2.05) is 42.5 Å². The number of thioether (sulfide) groups is 1. The molecule has 0 fully saturated rings. The van der Waals surface area contributed by atoms with E-state index in [0.29, 0.717) is 12.4 Å². The SMILES string of the molecule is CCCOc1c(I)cc(/C=C2/Sc3ccccc3C2=O)cc1OC. The van der Waals surface area contributed by atoms with E-state index in [2.05, 4.69) is 29.5 Å². The molecule has 0 N–H and O–H groups in total. The lowest BCUT2D eigenvalue weighted by Crippen LogP contribution is -2.00.